The molecule has 1 aromatic carbocycles. The van der Waals surface area contributed by atoms with Gasteiger partial charge in [-0.25, -0.2) is 0 Å². The Balaban J connectivity index is 1.97. The molecule has 0 aliphatic carbocycles. The second kappa shape index (κ2) is 3.74. The van der Waals surface area contributed by atoms with Crippen LogP contribution in [0.15, 0.2) is 18.2 Å². The van der Waals surface area contributed by atoms with Gasteiger partial charge in [0.25, 0.3) is 5.91 Å². The lowest BCUT2D eigenvalue weighted by Crippen LogP contribution is -2.61. The number of rotatable bonds is 0. The van der Waals surface area contributed by atoms with Crippen molar-refractivity contribution in [1.29, 1.82) is 0 Å². The van der Waals surface area contributed by atoms with E-state index in [0.29, 0.717) is 0 Å². The molecule has 0 radical (unpaired) electrons. The highest BCUT2D eigenvalue weighted by Gasteiger charge is 2.38. The Hall–Kier alpha value is -1.55. The second-order valence-electron chi connectivity index (χ2n) is 4.96. The number of carbonyl (C=O) groups is 1. The maximum absolute atomic E-state index is 12.1. The highest BCUT2D eigenvalue weighted by atomic mass is 16.2. The van der Waals surface area contributed by atoms with Crippen LogP contribution in [-0.4, -0.2) is 24.7 Å². The van der Waals surface area contributed by atoms with Crippen LogP contribution in [0.2, 0.25) is 0 Å². The molecule has 0 unspecified atom stereocenters. The molecular formula is C13H17N3O. The van der Waals surface area contributed by atoms with Crippen molar-refractivity contribution in [2.24, 2.45) is 0 Å². The van der Waals surface area contributed by atoms with E-state index in [-0.39, 0.29) is 11.6 Å². The first-order valence-corrected chi connectivity index (χ1v) is 6.11. The second-order valence-corrected chi connectivity index (χ2v) is 4.96. The van der Waals surface area contributed by atoms with Gasteiger partial charge in [-0.2, -0.15) is 0 Å². The van der Waals surface area contributed by atoms with E-state index in [2.05, 4.69) is 16.0 Å². The fraction of sp³-hybridized carbons (Fsp3) is 0.462. The zero-order chi connectivity index (χ0) is 11.9. The third kappa shape index (κ3) is 1.78. The van der Waals surface area contributed by atoms with E-state index in [9.17, 15) is 4.79 Å². The SMILES string of the molecule is Cc1ccc2c(c1)C(=O)NC1(CCNCC1)N2. The number of hydrogen-bond donors (Lipinski definition) is 3. The maximum Gasteiger partial charge on any atom is 0.255 e. The number of hydrogen-bond acceptors (Lipinski definition) is 3. The Morgan fingerprint density at radius 3 is 2.71 bits per heavy atom. The van der Waals surface area contributed by atoms with Crippen molar-refractivity contribution in [2.75, 3.05) is 18.4 Å². The summed E-state index contributed by atoms with van der Waals surface area (Å²) in [6.07, 6.45) is 1.85. The van der Waals surface area contributed by atoms with Crippen molar-refractivity contribution >= 4 is 11.6 Å². The Morgan fingerprint density at radius 1 is 1.18 bits per heavy atom. The molecule has 2 aliphatic heterocycles. The zero-order valence-corrected chi connectivity index (χ0v) is 9.97. The molecule has 4 nitrogen and oxygen atoms in total. The first-order chi connectivity index (χ1) is 8.19. The van der Waals surface area contributed by atoms with E-state index in [4.69, 9.17) is 0 Å². The van der Waals surface area contributed by atoms with Crippen molar-refractivity contribution in [3.8, 4) is 0 Å². The minimum absolute atomic E-state index is 0.0457. The molecule has 1 aromatic rings. The Morgan fingerprint density at radius 2 is 1.94 bits per heavy atom. The molecule has 3 rings (SSSR count). The van der Waals surface area contributed by atoms with Gasteiger partial charge in [-0.05, 0) is 32.1 Å². The van der Waals surface area contributed by atoms with Gasteiger partial charge in [-0.15, -0.1) is 0 Å². The molecule has 0 atom stereocenters. The van der Waals surface area contributed by atoms with Gasteiger partial charge in [-0.3, -0.25) is 4.79 Å². The van der Waals surface area contributed by atoms with Crippen molar-refractivity contribution in [3.63, 3.8) is 0 Å². The topological polar surface area (TPSA) is 53.2 Å². The van der Waals surface area contributed by atoms with Crippen molar-refractivity contribution < 1.29 is 4.79 Å². The predicted octanol–water partition coefficient (Wildman–Crippen LogP) is 1.23. The van der Waals surface area contributed by atoms with Crippen molar-refractivity contribution in [3.05, 3.63) is 29.3 Å². The van der Waals surface area contributed by atoms with Crippen LogP contribution in [0.1, 0.15) is 28.8 Å². The average Bonchev–Trinajstić information content (AvgIpc) is 2.31. The average molecular weight is 231 g/mol. The molecule has 2 aliphatic rings. The Bertz CT molecular complexity index is 464. The Labute approximate surface area is 101 Å². The van der Waals surface area contributed by atoms with Crippen LogP contribution in [0.4, 0.5) is 5.69 Å². The third-order valence-electron chi connectivity index (χ3n) is 3.60. The molecule has 90 valence electrons. The Kier molecular flexibility index (Phi) is 2.33. The summed E-state index contributed by atoms with van der Waals surface area (Å²) in [5, 5.41) is 9.94. The first kappa shape index (κ1) is 10.6. The zero-order valence-electron chi connectivity index (χ0n) is 9.97. The van der Waals surface area contributed by atoms with Gasteiger partial charge in [0.2, 0.25) is 0 Å². The number of nitrogens with one attached hydrogen (secondary N) is 3. The molecule has 1 spiro atoms. The minimum atomic E-state index is -0.245. The number of fused-ring (bicyclic) bond motifs is 1. The van der Waals surface area contributed by atoms with Gasteiger partial charge < -0.3 is 16.0 Å². The summed E-state index contributed by atoms with van der Waals surface area (Å²) in [5.74, 6) is 0.0457. The lowest BCUT2D eigenvalue weighted by molar-refractivity contribution is 0.0881. The van der Waals surface area contributed by atoms with E-state index in [1.807, 2.05) is 25.1 Å². The number of anilines is 1. The van der Waals surface area contributed by atoms with Gasteiger partial charge in [-0.1, -0.05) is 11.6 Å². The summed E-state index contributed by atoms with van der Waals surface area (Å²) in [5.41, 5.74) is 2.59. The van der Waals surface area contributed by atoms with Gasteiger partial charge in [0.05, 0.1) is 5.56 Å². The maximum atomic E-state index is 12.1. The quantitative estimate of drug-likeness (QED) is 0.629. The molecular weight excluding hydrogens is 214 g/mol. The number of aryl methyl sites for hydroxylation is 1. The monoisotopic (exact) mass is 231 g/mol. The van der Waals surface area contributed by atoms with E-state index >= 15 is 0 Å². The van der Waals surface area contributed by atoms with E-state index in [0.717, 1.165) is 42.7 Å². The van der Waals surface area contributed by atoms with Gasteiger partial charge >= 0.3 is 0 Å². The summed E-state index contributed by atoms with van der Waals surface area (Å²) in [6, 6.07) is 5.98. The molecule has 0 aromatic heterocycles. The van der Waals surface area contributed by atoms with Crippen LogP contribution in [-0.2, 0) is 0 Å². The standard InChI is InChI=1S/C13H17N3O/c1-9-2-3-11-10(8-9)12(17)16-13(15-11)4-6-14-7-5-13/h2-3,8,14-15H,4-7H2,1H3,(H,16,17). The molecule has 3 N–H and O–H groups in total. The van der Waals surface area contributed by atoms with Crippen LogP contribution in [0.25, 0.3) is 0 Å². The number of piperidine rings is 1. The van der Waals surface area contributed by atoms with E-state index in [1.165, 1.54) is 0 Å². The summed E-state index contributed by atoms with van der Waals surface area (Å²) in [4.78, 5) is 12.1. The van der Waals surface area contributed by atoms with Gasteiger partial charge in [0.15, 0.2) is 0 Å². The normalized spacial score (nSPS) is 21.6. The lowest BCUT2D eigenvalue weighted by atomic mass is 9.93. The van der Waals surface area contributed by atoms with Gasteiger partial charge in [0.1, 0.15) is 5.66 Å². The molecule has 1 fully saturated rings. The van der Waals surface area contributed by atoms with Crippen LogP contribution in [0.5, 0.6) is 0 Å². The van der Waals surface area contributed by atoms with Crippen molar-refractivity contribution in [2.45, 2.75) is 25.4 Å². The van der Waals surface area contributed by atoms with E-state index < -0.39 is 0 Å². The highest BCUT2D eigenvalue weighted by molar-refractivity contribution is 6.02. The van der Waals surface area contributed by atoms with Crippen LogP contribution < -0.4 is 16.0 Å². The first-order valence-electron chi connectivity index (χ1n) is 6.11. The molecule has 1 saturated heterocycles. The predicted molar refractivity (Wildman–Crippen MR) is 67.1 cm³/mol. The van der Waals surface area contributed by atoms with Gasteiger partial charge in [0, 0.05) is 18.5 Å². The fourth-order valence-electron chi connectivity index (χ4n) is 2.63. The molecule has 17 heavy (non-hydrogen) atoms. The highest BCUT2D eigenvalue weighted by Crippen LogP contribution is 2.30. The van der Waals surface area contributed by atoms with Crippen LogP contribution in [0, 0.1) is 6.92 Å². The summed E-state index contributed by atoms with van der Waals surface area (Å²) in [6.45, 7) is 3.88. The summed E-state index contributed by atoms with van der Waals surface area (Å²) < 4.78 is 0. The number of amides is 1. The van der Waals surface area contributed by atoms with Crippen LogP contribution >= 0.6 is 0 Å². The lowest BCUT2D eigenvalue weighted by Gasteiger charge is -2.43. The van der Waals surface area contributed by atoms with Crippen LogP contribution in [0.3, 0.4) is 0 Å². The van der Waals surface area contributed by atoms with Crippen molar-refractivity contribution in [1.82, 2.24) is 10.6 Å². The third-order valence-corrected chi connectivity index (χ3v) is 3.60. The minimum Gasteiger partial charge on any atom is -0.362 e. The number of benzene rings is 1. The van der Waals surface area contributed by atoms with E-state index in [1.54, 1.807) is 0 Å². The number of carbonyl (C=O) groups excluding carboxylic acids is 1. The molecule has 0 bridgehead atoms. The smallest absolute Gasteiger partial charge is 0.255 e. The largest absolute Gasteiger partial charge is 0.362 e. The molecule has 2 heterocycles. The molecule has 0 saturated carbocycles. The fourth-order valence-corrected chi connectivity index (χ4v) is 2.63. The summed E-state index contributed by atoms with van der Waals surface area (Å²) in [7, 11) is 0. The summed E-state index contributed by atoms with van der Waals surface area (Å²) >= 11 is 0. The molecule has 4 heteroatoms. The molecule has 1 amide bonds.